The molecule has 1 N–H and O–H groups in total. The van der Waals surface area contributed by atoms with Crippen molar-refractivity contribution in [2.45, 2.75) is 42.4 Å². The highest BCUT2D eigenvalue weighted by molar-refractivity contribution is 7.98. The predicted octanol–water partition coefficient (Wildman–Crippen LogP) is 4.99. The fraction of sp³-hybridized carbons (Fsp3) is 0.450. The topological polar surface area (TPSA) is 54.7 Å². The number of carbonyl (C=O) groups is 1. The monoisotopic (exact) mass is 374 g/mol. The average Bonchev–Trinajstić information content (AvgIpc) is 3.20. The molecule has 6 heteroatoms. The number of benzene rings is 1. The number of furan rings is 1. The molecule has 0 aliphatic carbocycles. The molecule has 0 bridgehead atoms. The van der Waals surface area contributed by atoms with Crippen LogP contribution in [0.1, 0.15) is 31.4 Å². The van der Waals surface area contributed by atoms with Crippen LogP contribution >= 0.6 is 11.8 Å². The second-order valence-electron chi connectivity index (χ2n) is 6.52. The summed E-state index contributed by atoms with van der Waals surface area (Å²) in [6.07, 6.45) is 6.36. The van der Waals surface area contributed by atoms with Crippen LogP contribution < -0.4 is 5.32 Å². The van der Waals surface area contributed by atoms with Crippen LogP contribution in [-0.2, 0) is 10.5 Å². The molecule has 140 valence electrons. The third kappa shape index (κ3) is 5.81. The third-order valence-electron chi connectivity index (χ3n) is 4.47. The molecule has 1 aromatic heterocycles. The van der Waals surface area contributed by atoms with E-state index in [1.54, 1.807) is 22.9 Å². The first-order valence-electron chi connectivity index (χ1n) is 9.09. The van der Waals surface area contributed by atoms with Gasteiger partial charge in [-0.3, -0.25) is 0 Å². The maximum absolute atomic E-state index is 12.3. The quantitative estimate of drug-likeness (QED) is 0.693. The molecule has 0 saturated carbocycles. The van der Waals surface area contributed by atoms with E-state index < -0.39 is 0 Å². The molecule has 26 heavy (non-hydrogen) atoms. The summed E-state index contributed by atoms with van der Waals surface area (Å²) >= 11 is 1.71. The number of hydrogen-bond acceptors (Lipinski definition) is 4. The SMILES string of the molecule is CN(CC[C@@H]1CCCCO1)C(=O)Nc1ccc(SCc2ccco2)cc1. The molecule has 0 unspecified atom stereocenters. The van der Waals surface area contributed by atoms with Crippen LogP contribution in [-0.4, -0.2) is 37.2 Å². The molecule has 3 rings (SSSR count). The second kappa shape index (κ2) is 9.69. The lowest BCUT2D eigenvalue weighted by Crippen LogP contribution is -2.34. The molecular formula is C20H26N2O3S. The molecule has 5 nitrogen and oxygen atoms in total. The summed E-state index contributed by atoms with van der Waals surface area (Å²) in [5, 5.41) is 2.94. The Kier molecular flexibility index (Phi) is 7.03. The van der Waals surface area contributed by atoms with E-state index in [-0.39, 0.29) is 6.03 Å². The smallest absolute Gasteiger partial charge is 0.321 e. The molecule has 2 aromatic rings. The van der Waals surface area contributed by atoms with Gasteiger partial charge in [-0.25, -0.2) is 4.79 Å². The van der Waals surface area contributed by atoms with Crippen LogP contribution in [0.5, 0.6) is 0 Å². The molecule has 1 aliphatic rings. The van der Waals surface area contributed by atoms with Crippen LogP contribution in [0, 0.1) is 0 Å². The van der Waals surface area contributed by atoms with Gasteiger partial charge in [0.05, 0.1) is 18.1 Å². The Morgan fingerprint density at radius 2 is 2.12 bits per heavy atom. The van der Waals surface area contributed by atoms with Crippen LogP contribution in [0.3, 0.4) is 0 Å². The molecule has 2 amide bonds. The van der Waals surface area contributed by atoms with Crippen LogP contribution in [0.15, 0.2) is 52.0 Å². The number of rotatable bonds is 7. The van der Waals surface area contributed by atoms with Gasteiger partial charge in [-0.05, 0) is 62.1 Å². The van der Waals surface area contributed by atoms with Gasteiger partial charge >= 0.3 is 6.03 Å². The summed E-state index contributed by atoms with van der Waals surface area (Å²) in [6, 6.07) is 11.7. The average molecular weight is 375 g/mol. The van der Waals surface area contributed by atoms with E-state index in [1.807, 2.05) is 43.4 Å². The minimum absolute atomic E-state index is 0.0863. The van der Waals surface area contributed by atoms with Gasteiger partial charge in [0.25, 0.3) is 0 Å². The molecule has 1 aliphatic heterocycles. The molecule has 1 atom stereocenters. The first-order valence-corrected chi connectivity index (χ1v) is 10.1. The van der Waals surface area contributed by atoms with Crippen LogP contribution in [0.2, 0.25) is 0 Å². The minimum atomic E-state index is -0.0863. The molecule has 2 heterocycles. The molecule has 1 fully saturated rings. The Balaban J connectivity index is 1.41. The number of nitrogens with one attached hydrogen (secondary N) is 1. The molecule has 1 saturated heterocycles. The highest BCUT2D eigenvalue weighted by Crippen LogP contribution is 2.24. The Morgan fingerprint density at radius 3 is 2.81 bits per heavy atom. The van der Waals surface area contributed by atoms with Gasteiger partial charge in [0.2, 0.25) is 0 Å². The van der Waals surface area contributed by atoms with Crippen LogP contribution in [0.25, 0.3) is 0 Å². The molecule has 1 aromatic carbocycles. The number of carbonyl (C=O) groups excluding carboxylic acids is 1. The van der Waals surface area contributed by atoms with E-state index in [4.69, 9.17) is 9.15 Å². The van der Waals surface area contributed by atoms with E-state index >= 15 is 0 Å². The Morgan fingerprint density at radius 1 is 1.27 bits per heavy atom. The van der Waals surface area contributed by atoms with Crippen molar-refractivity contribution in [3.8, 4) is 0 Å². The number of nitrogens with zero attached hydrogens (tertiary/aromatic N) is 1. The summed E-state index contributed by atoms with van der Waals surface area (Å²) < 4.78 is 11.1. The summed E-state index contributed by atoms with van der Waals surface area (Å²) in [5.41, 5.74) is 0.804. The number of thioether (sulfide) groups is 1. The van der Waals surface area contributed by atoms with Gasteiger partial charge < -0.3 is 19.4 Å². The predicted molar refractivity (Wildman–Crippen MR) is 105 cm³/mol. The molecule has 0 spiro atoms. The van der Waals surface area contributed by atoms with Crippen molar-refractivity contribution in [2.75, 3.05) is 25.5 Å². The highest BCUT2D eigenvalue weighted by Gasteiger charge is 2.16. The summed E-state index contributed by atoms with van der Waals surface area (Å²) in [7, 11) is 1.83. The number of urea groups is 1. The molecule has 0 radical (unpaired) electrons. The summed E-state index contributed by atoms with van der Waals surface area (Å²) in [4.78, 5) is 15.2. The van der Waals surface area contributed by atoms with Gasteiger partial charge in [0.15, 0.2) is 0 Å². The zero-order chi connectivity index (χ0) is 18.2. The van der Waals surface area contributed by atoms with Crippen molar-refractivity contribution in [3.05, 3.63) is 48.4 Å². The fourth-order valence-corrected chi connectivity index (χ4v) is 3.68. The lowest BCUT2D eigenvalue weighted by atomic mass is 10.1. The highest BCUT2D eigenvalue weighted by atomic mass is 32.2. The zero-order valence-electron chi connectivity index (χ0n) is 15.1. The van der Waals surface area contributed by atoms with Crippen molar-refractivity contribution in [3.63, 3.8) is 0 Å². The Hall–Kier alpha value is -1.92. The van der Waals surface area contributed by atoms with E-state index in [0.717, 1.165) is 48.0 Å². The number of amides is 2. The number of ether oxygens (including phenoxy) is 1. The van der Waals surface area contributed by atoms with Crippen molar-refractivity contribution >= 4 is 23.5 Å². The lowest BCUT2D eigenvalue weighted by Gasteiger charge is -2.25. The maximum Gasteiger partial charge on any atom is 0.321 e. The largest absolute Gasteiger partial charge is 0.468 e. The second-order valence-corrected chi connectivity index (χ2v) is 7.57. The van der Waals surface area contributed by atoms with Gasteiger partial charge in [0.1, 0.15) is 5.76 Å². The van der Waals surface area contributed by atoms with Crippen molar-refractivity contribution in [1.82, 2.24) is 4.90 Å². The van der Waals surface area contributed by atoms with Crippen molar-refractivity contribution in [1.29, 1.82) is 0 Å². The van der Waals surface area contributed by atoms with Gasteiger partial charge in [-0.1, -0.05) is 0 Å². The van der Waals surface area contributed by atoms with E-state index in [0.29, 0.717) is 12.6 Å². The normalized spacial score (nSPS) is 17.0. The lowest BCUT2D eigenvalue weighted by molar-refractivity contribution is 0.00848. The van der Waals surface area contributed by atoms with Crippen molar-refractivity contribution < 1.29 is 13.9 Å². The van der Waals surface area contributed by atoms with Gasteiger partial charge in [0, 0.05) is 30.8 Å². The summed E-state index contributed by atoms with van der Waals surface area (Å²) in [5.74, 6) is 1.75. The first kappa shape index (κ1) is 18.9. The number of hydrogen-bond donors (Lipinski definition) is 1. The van der Waals surface area contributed by atoms with Crippen LogP contribution in [0.4, 0.5) is 10.5 Å². The van der Waals surface area contributed by atoms with Gasteiger partial charge in [-0.2, -0.15) is 0 Å². The van der Waals surface area contributed by atoms with E-state index in [9.17, 15) is 4.79 Å². The van der Waals surface area contributed by atoms with E-state index in [2.05, 4.69) is 5.32 Å². The minimum Gasteiger partial charge on any atom is -0.468 e. The van der Waals surface area contributed by atoms with Crippen molar-refractivity contribution in [2.24, 2.45) is 0 Å². The van der Waals surface area contributed by atoms with Gasteiger partial charge in [-0.15, -0.1) is 11.8 Å². The standard InChI is InChI=1S/C20H26N2O3S/c1-22(12-11-17-5-2-3-13-24-17)20(23)21-16-7-9-19(10-8-16)26-15-18-6-4-14-25-18/h4,6-10,14,17H,2-3,5,11-13,15H2,1H3,(H,21,23)/t17-/m0/s1. The molecular weight excluding hydrogens is 348 g/mol. The first-order chi connectivity index (χ1) is 12.7. The number of anilines is 1. The Labute approximate surface area is 159 Å². The Bertz CT molecular complexity index is 667. The van der Waals surface area contributed by atoms with E-state index in [1.165, 1.54) is 6.42 Å². The zero-order valence-corrected chi connectivity index (χ0v) is 16.0. The summed E-state index contributed by atoms with van der Waals surface area (Å²) in [6.45, 7) is 1.55. The third-order valence-corrected chi connectivity index (χ3v) is 5.51. The maximum atomic E-state index is 12.3. The fourth-order valence-electron chi connectivity index (χ4n) is 2.88.